The normalized spacial score (nSPS) is 9.62. The van der Waals surface area contributed by atoms with Crippen LogP contribution in [0, 0.1) is 6.07 Å². The summed E-state index contributed by atoms with van der Waals surface area (Å²) < 4.78 is 0. The summed E-state index contributed by atoms with van der Waals surface area (Å²) in [6, 6.07) is 9.87. The van der Waals surface area contributed by atoms with Crippen molar-refractivity contribution in [3.05, 3.63) is 35.9 Å². The lowest BCUT2D eigenvalue weighted by Gasteiger charge is -2.02. The van der Waals surface area contributed by atoms with Crippen LogP contribution in [0.3, 0.4) is 0 Å². The molecule has 0 heterocycles. The molecule has 0 spiro atoms. The highest BCUT2D eigenvalue weighted by molar-refractivity contribution is 7.98. The molecule has 0 aromatic heterocycles. The quantitative estimate of drug-likeness (QED) is 0.737. The predicted octanol–water partition coefficient (Wildman–Crippen LogP) is 1.58. The molecule has 0 atom stereocenters. The summed E-state index contributed by atoms with van der Waals surface area (Å²) in [5.74, 6) is 0.938. The number of hydrogen-bond acceptors (Lipinski definition) is 2. The van der Waals surface area contributed by atoms with Crippen LogP contribution in [0.25, 0.3) is 0 Å². The number of carbonyl (C=O) groups excluding carboxylic acids is 1. The summed E-state index contributed by atoms with van der Waals surface area (Å²) in [6.07, 6.45) is 2.02. The molecule has 1 rings (SSSR count). The van der Waals surface area contributed by atoms with Crippen molar-refractivity contribution in [1.29, 1.82) is 0 Å². The molecular formula is C10H12NOS. The van der Waals surface area contributed by atoms with Crippen LogP contribution in [-0.2, 0) is 0 Å². The SMILES string of the molecule is CSCCNC(=O)c1cc[c]cc1. The van der Waals surface area contributed by atoms with Gasteiger partial charge >= 0.3 is 0 Å². The Hall–Kier alpha value is -0.960. The van der Waals surface area contributed by atoms with Crippen molar-refractivity contribution >= 4 is 17.7 Å². The average molecular weight is 194 g/mol. The first-order valence-corrected chi connectivity index (χ1v) is 5.47. The molecule has 1 N–H and O–H groups in total. The summed E-state index contributed by atoms with van der Waals surface area (Å²) in [5, 5.41) is 2.83. The minimum Gasteiger partial charge on any atom is -0.351 e. The lowest BCUT2D eigenvalue weighted by atomic mass is 10.2. The predicted molar refractivity (Wildman–Crippen MR) is 56.0 cm³/mol. The van der Waals surface area contributed by atoms with E-state index in [4.69, 9.17) is 0 Å². The number of amides is 1. The zero-order chi connectivity index (χ0) is 9.52. The second-order valence-electron chi connectivity index (χ2n) is 2.54. The molecular weight excluding hydrogens is 182 g/mol. The monoisotopic (exact) mass is 194 g/mol. The Kier molecular flexibility index (Phi) is 4.40. The highest BCUT2D eigenvalue weighted by Crippen LogP contribution is 1.97. The van der Waals surface area contributed by atoms with E-state index in [1.807, 2.05) is 6.26 Å². The van der Waals surface area contributed by atoms with Gasteiger partial charge in [0.05, 0.1) is 0 Å². The first-order chi connectivity index (χ1) is 6.34. The minimum absolute atomic E-state index is 0.0111. The Morgan fingerprint density at radius 1 is 1.54 bits per heavy atom. The van der Waals surface area contributed by atoms with Crippen molar-refractivity contribution in [2.24, 2.45) is 0 Å². The van der Waals surface area contributed by atoms with Gasteiger partial charge in [-0.05, 0) is 24.5 Å². The van der Waals surface area contributed by atoms with Gasteiger partial charge in [0.15, 0.2) is 0 Å². The Labute approximate surface area is 82.7 Å². The second-order valence-corrected chi connectivity index (χ2v) is 3.52. The molecule has 1 aromatic rings. The largest absolute Gasteiger partial charge is 0.351 e. The molecule has 0 fully saturated rings. The van der Waals surface area contributed by atoms with Crippen molar-refractivity contribution in [1.82, 2.24) is 5.32 Å². The van der Waals surface area contributed by atoms with E-state index < -0.39 is 0 Å². The fourth-order valence-corrected chi connectivity index (χ4v) is 1.21. The van der Waals surface area contributed by atoms with Crippen LogP contribution in [-0.4, -0.2) is 24.5 Å². The first kappa shape index (κ1) is 10.1. The maximum atomic E-state index is 11.4. The van der Waals surface area contributed by atoms with Gasteiger partial charge in [-0.15, -0.1) is 0 Å². The number of rotatable bonds is 4. The Morgan fingerprint density at radius 3 is 2.85 bits per heavy atom. The van der Waals surface area contributed by atoms with Gasteiger partial charge in [-0.3, -0.25) is 4.79 Å². The summed E-state index contributed by atoms with van der Waals surface area (Å²) in [6.45, 7) is 0.721. The van der Waals surface area contributed by atoms with Crippen molar-refractivity contribution in [2.45, 2.75) is 0 Å². The lowest BCUT2D eigenvalue weighted by molar-refractivity contribution is 0.0956. The van der Waals surface area contributed by atoms with Crippen LogP contribution < -0.4 is 5.32 Å². The smallest absolute Gasteiger partial charge is 0.251 e. The van der Waals surface area contributed by atoms with E-state index in [0.717, 1.165) is 12.3 Å². The van der Waals surface area contributed by atoms with Crippen LogP contribution in [0.5, 0.6) is 0 Å². The summed E-state index contributed by atoms with van der Waals surface area (Å²) in [4.78, 5) is 11.4. The van der Waals surface area contributed by atoms with Gasteiger partial charge in [0.1, 0.15) is 0 Å². The van der Waals surface area contributed by atoms with Gasteiger partial charge in [-0.25, -0.2) is 0 Å². The van der Waals surface area contributed by atoms with Gasteiger partial charge < -0.3 is 5.32 Å². The molecule has 2 nitrogen and oxygen atoms in total. The van der Waals surface area contributed by atoms with E-state index in [1.165, 1.54) is 0 Å². The van der Waals surface area contributed by atoms with Crippen molar-refractivity contribution in [3.8, 4) is 0 Å². The maximum Gasteiger partial charge on any atom is 0.251 e. The van der Waals surface area contributed by atoms with Gasteiger partial charge in [-0.2, -0.15) is 11.8 Å². The molecule has 0 bridgehead atoms. The molecule has 13 heavy (non-hydrogen) atoms. The van der Waals surface area contributed by atoms with E-state index >= 15 is 0 Å². The highest BCUT2D eigenvalue weighted by Gasteiger charge is 2.01. The van der Waals surface area contributed by atoms with Gasteiger partial charge in [0.25, 0.3) is 5.91 Å². The number of carbonyl (C=O) groups is 1. The summed E-state index contributed by atoms with van der Waals surface area (Å²) in [5.41, 5.74) is 0.694. The van der Waals surface area contributed by atoms with Gasteiger partial charge in [-0.1, -0.05) is 12.1 Å². The van der Waals surface area contributed by atoms with Crippen LogP contribution in [0.4, 0.5) is 0 Å². The van der Waals surface area contributed by atoms with Crippen molar-refractivity contribution in [2.75, 3.05) is 18.6 Å². The number of nitrogens with one attached hydrogen (secondary N) is 1. The molecule has 0 saturated carbocycles. The summed E-state index contributed by atoms with van der Waals surface area (Å²) in [7, 11) is 0. The third-order valence-corrected chi connectivity index (χ3v) is 2.18. The van der Waals surface area contributed by atoms with Gasteiger partial charge in [0.2, 0.25) is 0 Å². The van der Waals surface area contributed by atoms with Crippen LogP contribution in [0.1, 0.15) is 10.4 Å². The molecule has 1 aromatic carbocycles. The zero-order valence-corrected chi connectivity index (χ0v) is 8.36. The van der Waals surface area contributed by atoms with E-state index in [0.29, 0.717) is 5.56 Å². The fourth-order valence-electron chi connectivity index (χ4n) is 0.907. The third kappa shape index (κ3) is 3.51. The second kappa shape index (κ2) is 5.65. The van der Waals surface area contributed by atoms with Crippen molar-refractivity contribution in [3.63, 3.8) is 0 Å². The topological polar surface area (TPSA) is 29.1 Å². The maximum absolute atomic E-state index is 11.4. The van der Waals surface area contributed by atoms with E-state index in [9.17, 15) is 4.79 Å². The molecule has 1 amide bonds. The summed E-state index contributed by atoms with van der Waals surface area (Å²) >= 11 is 1.72. The van der Waals surface area contributed by atoms with Gasteiger partial charge in [0, 0.05) is 17.9 Å². The number of thioether (sulfide) groups is 1. The minimum atomic E-state index is -0.0111. The zero-order valence-electron chi connectivity index (χ0n) is 7.54. The van der Waals surface area contributed by atoms with Crippen molar-refractivity contribution < 1.29 is 4.79 Å². The third-order valence-electron chi connectivity index (χ3n) is 1.57. The fraction of sp³-hybridized carbons (Fsp3) is 0.300. The first-order valence-electron chi connectivity index (χ1n) is 4.08. The van der Waals surface area contributed by atoms with Crippen LogP contribution in [0.15, 0.2) is 24.3 Å². The standard InChI is InChI=1S/C10H12NOS/c1-13-8-7-11-10(12)9-5-3-2-4-6-9/h3-6H,7-8H2,1H3,(H,11,12). The molecule has 69 valence electrons. The molecule has 0 saturated heterocycles. The Balaban J connectivity index is 2.40. The van der Waals surface area contributed by atoms with Crippen LogP contribution in [0.2, 0.25) is 0 Å². The number of benzene rings is 1. The lowest BCUT2D eigenvalue weighted by Crippen LogP contribution is -2.25. The molecule has 0 aliphatic heterocycles. The van der Waals surface area contributed by atoms with E-state index in [1.54, 1.807) is 36.0 Å². The highest BCUT2D eigenvalue weighted by atomic mass is 32.2. The molecule has 1 radical (unpaired) electrons. The molecule has 0 unspecified atom stereocenters. The molecule has 3 heteroatoms. The number of hydrogen-bond donors (Lipinski definition) is 1. The van der Waals surface area contributed by atoms with E-state index in [-0.39, 0.29) is 5.91 Å². The van der Waals surface area contributed by atoms with Crippen LogP contribution >= 0.6 is 11.8 Å². The molecule has 0 aliphatic carbocycles. The Morgan fingerprint density at radius 2 is 2.23 bits per heavy atom. The Bertz CT molecular complexity index is 261. The molecule has 0 aliphatic rings. The average Bonchev–Trinajstić information content (AvgIpc) is 2.19. The van der Waals surface area contributed by atoms with E-state index in [2.05, 4.69) is 11.4 Å².